The van der Waals surface area contributed by atoms with Crippen LogP contribution in [0.15, 0.2) is 0 Å². The molecule has 100 valence electrons. The molecule has 4 N–H and O–H groups in total. The van der Waals surface area contributed by atoms with Crippen LogP contribution in [0.4, 0.5) is 0 Å². The Morgan fingerprint density at radius 3 is 2.35 bits per heavy atom. The van der Waals surface area contributed by atoms with Crippen LogP contribution in [0.2, 0.25) is 0 Å². The van der Waals surface area contributed by atoms with Crippen LogP contribution in [0.5, 0.6) is 0 Å². The zero-order valence-electron chi connectivity index (χ0n) is 11.2. The van der Waals surface area contributed by atoms with Crippen molar-refractivity contribution in [1.82, 2.24) is 5.32 Å². The zero-order valence-corrected chi connectivity index (χ0v) is 11.2. The lowest BCUT2D eigenvalue weighted by molar-refractivity contribution is -0.124. The molecule has 1 amide bonds. The smallest absolute Gasteiger partial charge is 0.237 e. The zero-order chi connectivity index (χ0) is 13.1. The van der Waals surface area contributed by atoms with E-state index in [2.05, 4.69) is 5.32 Å². The highest BCUT2D eigenvalue weighted by Gasteiger charge is 2.28. The molecule has 4 nitrogen and oxygen atoms in total. The standard InChI is InChI=1S/C13H26N2O2/c1-13(2,3)11(14)12(17)15-8-9-4-6-10(16)7-5-9/h9-11,16H,4-8,14H2,1-3H3,(H,15,17)/t9?,10?,11-/m0/s1. The molecule has 0 heterocycles. The first-order valence-corrected chi connectivity index (χ1v) is 6.52. The van der Waals surface area contributed by atoms with Gasteiger partial charge in [-0.3, -0.25) is 4.79 Å². The lowest BCUT2D eigenvalue weighted by atomic mass is 9.85. The normalized spacial score (nSPS) is 27.6. The third-order valence-corrected chi connectivity index (χ3v) is 3.60. The minimum absolute atomic E-state index is 0.0661. The number of carbonyl (C=O) groups is 1. The van der Waals surface area contributed by atoms with Gasteiger partial charge in [-0.05, 0) is 37.0 Å². The number of aliphatic hydroxyl groups is 1. The van der Waals surface area contributed by atoms with E-state index < -0.39 is 6.04 Å². The van der Waals surface area contributed by atoms with Gasteiger partial charge in [-0.15, -0.1) is 0 Å². The van der Waals surface area contributed by atoms with Crippen LogP contribution in [0.3, 0.4) is 0 Å². The number of hydrogen-bond donors (Lipinski definition) is 3. The Morgan fingerprint density at radius 1 is 1.35 bits per heavy atom. The molecule has 1 atom stereocenters. The lowest BCUT2D eigenvalue weighted by Crippen LogP contribution is -2.49. The summed E-state index contributed by atoms with van der Waals surface area (Å²) in [6, 6.07) is -0.461. The monoisotopic (exact) mass is 242 g/mol. The number of nitrogens with two attached hydrogens (primary N) is 1. The summed E-state index contributed by atoms with van der Waals surface area (Å²) >= 11 is 0. The van der Waals surface area contributed by atoms with E-state index in [-0.39, 0.29) is 17.4 Å². The Kier molecular flexibility index (Phi) is 4.95. The van der Waals surface area contributed by atoms with Gasteiger partial charge in [-0.1, -0.05) is 20.8 Å². The van der Waals surface area contributed by atoms with Gasteiger partial charge < -0.3 is 16.2 Å². The number of hydrogen-bond acceptors (Lipinski definition) is 3. The molecule has 1 rings (SSSR count). The van der Waals surface area contributed by atoms with E-state index in [1.807, 2.05) is 20.8 Å². The van der Waals surface area contributed by atoms with E-state index in [0.29, 0.717) is 12.5 Å². The van der Waals surface area contributed by atoms with Crippen molar-refractivity contribution in [3.8, 4) is 0 Å². The van der Waals surface area contributed by atoms with Crippen molar-refractivity contribution in [3.05, 3.63) is 0 Å². The molecule has 1 fully saturated rings. The fourth-order valence-corrected chi connectivity index (χ4v) is 2.10. The number of carbonyl (C=O) groups excluding carboxylic acids is 1. The molecule has 1 saturated carbocycles. The Morgan fingerprint density at radius 2 is 1.88 bits per heavy atom. The largest absolute Gasteiger partial charge is 0.393 e. The van der Waals surface area contributed by atoms with E-state index in [0.717, 1.165) is 25.7 Å². The number of rotatable bonds is 3. The first kappa shape index (κ1) is 14.5. The van der Waals surface area contributed by atoms with Crippen molar-refractivity contribution in [2.24, 2.45) is 17.1 Å². The van der Waals surface area contributed by atoms with Crippen molar-refractivity contribution in [1.29, 1.82) is 0 Å². The van der Waals surface area contributed by atoms with Gasteiger partial charge >= 0.3 is 0 Å². The van der Waals surface area contributed by atoms with Gasteiger partial charge in [0.2, 0.25) is 5.91 Å². The van der Waals surface area contributed by atoms with Gasteiger partial charge in [0, 0.05) is 6.54 Å². The molecule has 0 aromatic heterocycles. The second-order valence-electron chi connectivity index (χ2n) is 6.26. The first-order chi connectivity index (χ1) is 7.80. The number of amides is 1. The minimum atomic E-state index is -0.461. The predicted molar refractivity (Wildman–Crippen MR) is 68.4 cm³/mol. The molecule has 0 spiro atoms. The summed E-state index contributed by atoms with van der Waals surface area (Å²) in [5.41, 5.74) is 5.68. The Hall–Kier alpha value is -0.610. The number of aliphatic hydroxyl groups excluding tert-OH is 1. The van der Waals surface area contributed by atoms with Crippen molar-refractivity contribution >= 4 is 5.91 Å². The van der Waals surface area contributed by atoms with Gasteiger partial charge in [0.1, 0.15) is 0 Å². The van der Waals surface area contributed by atoms with Crippen LogP contribution < -0.4 is 11.1 Å². The fourth-order valence-electron chi connectivity index (χ4n) is 2.10. The molecular formula is C13H26N2O2. The van der Waals surface area contributed by atoms with E-state index in [9.17, 15) is 9.90 Å². The first-order valence-electron chi connectivity index (χ1n) is 6.52. The average molecular weight is 242 g/mol. The summed E-state index contributed by atoms with van der Waals surface area (Å²) in [6.07, 6.45) is 3.55. The molecule has 0 aromatic rings. The van der Waals surface area contributed by atoms with Crippen LogP contribution in [-0.4, -0.2) is 29.7 Å². The SMILES string of the molecule is CC(C)(C)[C@@H](N)C(=O)NCC1CCC(O)CC1. The van der Waals surface area contributed by atoms with Crippen molar-refractivity contribution in [3.63, 3.8) is 0 Å². The minimum Gasteiger partial charge on any atom is -0.393 e. The molecule has 0 unspecified atom stereocenters. The maximum absolute atomic E-state index is 11.8. The summed E-state index contributed by atoms with van der Waals surface area (Å²) in [7, 11) is 0. The lowest BCUT2D eigenvalue weighted by Gasteiger charge is -2.28. The van der Waals surface area contributed by atoms with Crippen LogP contribution in [0, 0.1) is 11.3 Å². The molecule has 17 heavy (non-hydrogen) atoms. The third-order valence-electron chi connectivity index (χ3n) is 3.60. The van der Waals surface area contributed by atoms with Crippen molar-refractivity contribution in [2.45, 2.75) is 58.6 Å². The molecule has 0 radical (unpaired) electrons. The van der Waals surface area contributed by atoms with E-state index in [4.69, 9.17) is 5.73 Å². The second-order valence-corrected chi connectivity index (χ2v) is 6.26. The maximum atomic E-state index is 11.8. The predicted octanol–water partition coefficient (Wildman–Crippen LogP) is 1.03. The highest BCUT2D eigenvalue weighted by Crippen LogP contribution is 2.23. The van der Waals surface area contributed by atoms with Gasteiger partial charge in [-0.25, -0.2) is 0 Å². The van der Waals surface area contributed by atoms with E-state index in [1.54, 1.807) is 0 Å². The Bertz CT molecular complexity index is 253. The van der Waals surface area contributed by atoms with E-state index >= 15 is 0 Å². The highest BCUT2D eigenvalue weighted by atomic mass is 16.3. The van der Waals surface area contributed by atoms with Crippen LogP contribution >= 0.6 is 0 Å². The van der Waals surface area contributed by atoms with Gasteiger partial charge in [0.05, 0.1) is 12.1 Å². The maximum Gasteiger partial charge on any atom is 0.237 e. The molecule has 4 heteroatoms. The fraction of sp³-hybridized carbons (Fsp3) is 0.923. The average Bonchev–Trinajstić information content (AvgIpc) is 2.25. The molecule has 0 bridgehead atoms. The molecule has 0 aliphatic heterocycles. The third kappa shape index (κ3) is 4.64. The van der Waals surface area contributed by atoms with Crippen LogP contribution in [-0.2, 0) is 4.79 Å². The highest BCUT2D eigenvalue weighted by molar-refractivity contribution is 5.82. The Labute approximate surface area is 104 Å². The van der Waals surface area contributed by atoms with E-state index in [1.165, 1.54) is 0 Å². The molecule has 0 aromatic carbocycles. The summed E-state index contributed by atoms with van der Waals surface area (Å²) in [5.74, 6) is 0.429. The van der Waals surface area contributed by atoms with Gasteiger partial charge in [0.15, 0.2) is 0 Å². The molecular weight excluding hydrogens is 216 g/mol. The topological polar surface area (TPSA) is 75.4 Å². The summed E-state index contributed by atoms with van der Waals surface area (Å²) in [5, 5.41) is 12.3. The van der Waals surface area contributed by atoms with Crippen LogP contribution in [0.25, 0.3) is 0 Å². The van der Waals surface area contributed by atoms with Crippen molar-refractivity contribution in [2.75, 3.05) is 6.54 Å². The Balaban J connectivity index is 2.29. The summed E-state index contributed by atoms with van der Waals surface area (Å²) in [6.45, 7) is 6.59. The van der Waals surface area contributed by atoms with Gasteiger partial charge in [-0.2, -0.15) is 0 Å². The molecule has 0 saturated heterocycles. The number of nitrogens with one attached hydrogen (secondary N) is 1. The molecule has 1 aliphatic rings. The summed E-state index contributed by atoms with van der Waals surface area (Å²) < 4.78 is 0. The molecule has 1 aliphatic carbocycles. The van der Waals surface area contributed by atoms with Gasteiger partial charge in [0.25, 0.3) is 0 Å². The second kappa shape index (κ2) is 5.83. The van der Waals surface area contributed by atoms with Crippen molar-refractivity contribution < 1.29 is 9.90 Å². The summed E-state index contributed by atoms with van der Waals surface area (Å²) in [4.78, 5) is 11.8. The quantitative estimate of drug-likeness (QED) is 0.692. The van der Waals surface area contributed by atoms with Crippen LogP contribution in [0.1, 0.15) is 46.5 Å².